The Labute approximate surface area is 119 Å². The Morgan fingerprint density at radius 2 is 2.21 bits per heavy atom. The first-order valence-electron chi connectivity index (χ1n) is 7.15. The Bertz CT molecular complexity index is 462. The summed E-state index contributed by atoms with van der Waals surface area (Å²) in [5.74, 6) is 2.95. The largest absolute Gasteiger partial charge is 0.496 e. The van der Waals surface area contributed by atoms with Gasteiger partial charge in [-0.15, -0.1) is 11.6 Å². The molecule has 0 saturated heterocycles. The van der Waals surface area contributed by atoms with Crippen molar-refractivity contribution in [2.45, 2.75) is 37.5 Å². The van der Waals surface area contributed by atoms with Crippen LogP contribution in [0.2, 0.25) is 0 Å². The maximum absolute atomic E-state index is 13.4. The molecule has 2 aliphatic carbocycles. The number of fused-ring (bicyclic) bond motifs is 2. The standard InChI is InChI=1S/C16H20ClFO/c1-19-16-5-4-13(18)9-14(16)15(17)8-12-7-10-2-3-11(12)6-10/h4-5,9-12,15H,2-3,6-8H2,1H3. The Kier molecular flexibility index (Phi) is 3.70. The lowest BCUT2D eigenvalue weighted by molar-refractivity contribution is 0.309. The molecule has 2 fully saturated rings. The highest BCUT2D eigenvalue weighted by Crippen LogP contribution is 2.52. The van der Waals surface area contributed by atoms with Crippen molar-refractivity contribution < 1.29 is 9.13 Å². The zero-order valence-electron chi connectivity index (χ0n) is 11.2. The predicted molar refractivity (Wildman–Crippen MR) is 75.1 cm³/mol. The van der Waals surface area contributed by atoms with Gasteiger partial charge in [0.05, 0.1) is 12.5 Å². The fraction of sp³-hybridized carbons (Fsp3) is 0.625. The molecule has 0 spiro atoms. The first-order valence-corrected chi connectivity index (χ1v) is 7.58. The number of ether oxygens (including phenoxy) is 1. The van der Waals surface area contributed by atoms with E-state index in [1.165, 1.54) is 37.8 Å². The molecule has 0 N–H and O–H groups in total. The van der Waals surface area contributed by atoms with Gasteiger partial charge in [0.1, 0.15) is 11.6 Å². The van der Waals surface area contributed by atoms with Crippen LogP contribution in [-0.2, 0) is 0 Å². The number of benzene rings is 1. The molecule has 0 heterocycles. The Hall–Kier alpha value is -0.760. The van der Waals surface area contributed by atoms with Gasteiger partial charge in [0.2, 0.25) is 0 Å². The van der Waals surface area contributed by atoms with Crippen molar-refractivity contribution in [3.63, 3.8) is 0 Å². The van der Waals surface area contributed by atoms with E-state index in [4.69, 9.17) is 16.3 Å². The van der Waals surface area contributed by atoms with Crippen LogP contribution in [0.1, 0.15) is 43.0 Å². The third-order valence-corrected chi connectivity index (χ3v) is 5.34. The molecular formula is C16H20ClFO. The minimum absolute atomic E-state index is 0.144. The summed E-state index contributed by atoms with van der Waals surface area (Å²) in [5.41, 5.74) is 0.798. The molecule has 2 saturated carbocycles. The summed E-state index contributed by atoms with van der Waals surface area (Å²) in [4.78, 5) is 0. The number of halogens is 2. The van der Waals surface area contributed by atoms with Crippen LogP contribution in [0.5, 0.6) is 5.75 Å². The van der Waals surface area contributed by atoms with Crippen molar-refractivity contribution in [3.8, 4) is 5.75 Å². The zero-order valence-corrected chi connectivity index (χ0v) is 12.0. The van der Waals surface area contributed by atoms with Crippen molar-refractivity contribution >= 4 is 11.6 Å². The van der Waals surface area contributed by atoms with Crippen LogP contribution in [0.3, 0.4) is 0 Å². The summed E-state index contributed by atoms with van der Waals surface area (Å²) in [6, 6.07) is 4.61. The fourth-order valence-electron chi connectivity index (χ4n) is 4.01. The van der Waals surface area contributed by atoms with Crippen molar-refractivity contribution in [1.29, 1.82) is 0 Å². The summed E-state index contributed by atoms with van der Waals surface area (Å²) < 4.78 is 18.7. The predicted octanol–water partition coefficient (Wildman–Crippen LogP) is 4.94. The maximum atomic E-state index is 13.4. The van der Waals surface area contributed by atoms with E-state index in [1.54, 1.807) is 13.2 Å². The van der Waals surface area contributed by atoms with E-state index in [9.17, 15) is 4.39 Å². The van der Waals surface area contributed by atoms with Gasteiger partial charge in [-0.1, -0.05) is 6.42 Å². The van der Waals surface area contributed by atoms with Gasteiger partial charge < -0.3 is 4.74 Å². The lowest BCUT2D eigenvalue weighted by Crippen LogP contribution is -2.13. The zero-order chi connectivity index (χ0) is 13.4. The average Bonchev–Trinajstić information content (AvgIpc) is 3.01. The SMILES string of the molecule is COc1ccc(F)cc1C(Cl)CC1CC2CCC1C2. The molecule has 19 heavy (non-hydrogen) atoms. The third-order valence-electron chi connectivity index (χ3n) is 4.92. The molecule has 0 aromatic heterocycles. The average molecular weight is 283 g/mol. The molecule has 3 rings (SSSR count). The van der Waals surface area contributed by atoms with Gasteiger partial charge in [0, 0.05) is 5.56 Å². The summed E-state index contributed by atoms with van der Waals surface area (Å²) in [6.07, 6.45) is 6.40. The molecule has 0 aliphatic heterocycles. The highest BCUT2D eigenvalue weighted by molar-refractivity contribution is 6.21. The van der Waals surface area contributed by atoms with Gasteiger partial charge in [-0.25, -0.2) is 4.39 Å². The van der Waals surface area contributed by atoms with Crippen LogP contribution in [0.4, 0.5) is 4.39 Å². The van der Waals surface area contributed by atoms with Gasteiger partial charge >= 0.3 is 0 Å². The first kappa shape index (κ1) is 13.2. The van der Waals surface area contributed by atoms with Crippen LogP contribution in [0, 0.1) is 23.6 Å². The number of hydrogen-bond donors (Lipinski definition) is 0. The quantitative estimate of drug-likeness (QED) is 0.711. The molecule has 2 aliphatic rings. The van der Waals surface area contributed by atoms with Crippen molar-refractivity contribution in [3.05, 3.63) is 29.6 Å². The topological polar surface area (TPSA) is 9.23 Å². The number of alkyl halides is 1. The van der Waals surface area contributed by atoms with Crippen molar-refractivity contribution in [2.24, 2.45) is 17.8 Å². The highest BCUT2D eigenvalue weighted by Gasteiger charge is 2.40. The Morgan fingerprint density at radius 3 is 2.84 bits per heavy atom. The summed E-state index contributed by atoms with van der Waals surface area (Å²) in [7, 11) is 1.61. The van der Waals surface area contributed by atoms with E-state index < -0.39 is 0 Å². The van der Waals surface area contributed by atoms with Crippen molar-refractivity contribution in [1.82, 2.24) is 0 Å². The smallest absolute Gasteiger partial charge is 0.123 e. The summed E-state index contributed by atoms with van der Waals surface area (Å²) >= 11 is 6.53. The van der Waals surface area contributed by atoms with Crippen LogP contribution < -0.4 is 4.74 Å². The van der Waals surface area contributed by atoms with E-state index in [2.05, 4.69) is 0 Å². The van der Waals surface area contributed by atoms with Gasteiger partial charge in [0.25, 0.3) is 0 Å². The Balaban J connectivity index is 1.73. The third kappa shape index (κ3) is 2.60. The molecule has 1 nitrogen and oxygen atoms in total. The highest BCUT2D eigenvalue weighted by atomic mass is 35.5. The Morgan fingerprint density at radius 1 is 1.37 bits per heavy atom. The lowest BCUT2D eigenvalue weighted by Gasteiger charge is -2.24. The van der Waals surface area contributed by atoms with Gasteiger partial charge in [-0.3, -0.25) is 0 Å². The lowest BCUT2D eigenvalue weighted by atomic mass is 9.84. The molecule has 1 aromatic carbocycles. The molecule has 3 heteroatoms. The van der Waals surface area contributed by atoms with Gasteiger partial charge in [-0.2, -0.15) is 0 Å². The normalized spacial score (nSPS) is 30.6. The maximum Gasteiger partial charge on any atom is 0.123 e. The molecule has 2 bridgehead atoms. The van der Waals surface area contributed by atoms with E-state index in [-0.39, 0.29) is 11.2 Å². The van der Waals surface area contributed by atoms with Crippen LogP contribution >= 0.6 is 11.6 Å². The summed E-state index contributed by atoms with van der Waals surface area (Å²) in [6.45, 7) is 0. The van der Waals surface area contributed by atoms with E-state index in [0.717, 1.165) is 23.8 Å². The molecule has 0 radical (unpaired) electrons. The minimum Gasteiger partial charge on any atom is -0.496 e. The van der Waals surface area contributed by atoms with Crippen LogP contribution in [0.15, 0.2) is 18.2 Å². The van der Waals surface area contributed by atoms with Crippen LogP contribution in [-0.4, -0.2) is 7.11 Å². The summed E-state index contributed by atoms with van der Waals surface area (Å²) in [5, 5.41) is -0.144. The van der Waals surface area contributed by atoms with Crippen molar-refractivity contribution in [2.75, 3.05) is 7.11 Å². The molecular weight excluding hydrogens is 263 g/mol. The minimum atomic E-state index is -0.241. The first-order chi connectivity index (χ1) is 9.17. The van der Waals surface area contributed by atoms with E-state index in [1.807, 2.05) is 0 Å². The second-order valence-electron chi connectivity index (χ2n) is 6.02. The molecule has 1 aromatic rings. The number of rotatable bonds is 4. The molecule has 104 valence electrons. The van der Waals surface area contributed by atoms with Gasteiger partial charge in [-0.05, 0) is 61.6 Å². The fourth-order valence-corrected chi connectivity index (χ4v) is 4.41. The monoisotopic (exact) mass is 282 g/mol. The van der Waals surface area contributed by atoms with E-state index >= 15 is 0 Å². The molecule has 4 atom stereocenters. The second-order valence-corrected chi connectivity index (χ2v) is 6.55. The molecule has 0 amide bonds. The van der Waals surface area contributed by atoms with E-state index in [0.29, 0.717) is 11.7 Å². The number of hydrogen-bond acceptors (Lipinski definition) is 1. The van der Waals surface area contributed by atoms with Gasteiger partial charge in [0.15, 0.2) is 0 Å². The second kappa shape index (κ2) is 5.32. The number of methoxy groups -OCH3 is 1. The molecule has 4 unspecified atom stereocenters. The van der Waals surface area contributed by atoms with Crippen LogP contribution in [0.25, 0.3) is 0 Å².